The van der Waals surface area contributed by atoms with E-state index in [4.69, 9.17) is 4.42 Å². The maximum Gasteiger partial charge on any atom is 0.297 e. The quantitative estimate of drug-likeness (QED) is 0.873. The molecule has 1 aliphatic rings. The number of anilines is 1. The van der Waals surface area contributed by atoms with Gasteiger partial charge in [-0.3, -0.25) is 0 Å². The van der Waals surface area contributed by atoms with Gasteiger partial charge in [-0.1, -0.05) is 6.92 Å². The Kier molecular flexibility index (Phi) is 3.66. The van der Waals surface area contributed by atoms with Gasteiger partial charge in [-0.2, -0.15) is 4.98 Å². The van der Waals surface area contributed by atoms with Crippen molar-refractivity contribution in [3.63, 3.8) is 0 Å². The van der Waals surface area contributed by atoms with Gasteiger partial charge in [0.2, 0.25) is 0 Å². The van der Waals surface area contributed by atoms with E-state index in [9.17, 15) is 0 Å². The summed E-state index contributed by atoms with van der Waals surface area (Å²) in [6.07, 6.45) is 3.09. The summed E-state index contributed by atoms with van der Waals surface area (Å²) in [4.78, 5) is 6.64. The summed E-state index contributed by atoms with van der Waals surface area (Å²) >= 11 is 0. The Morgan fingerprint density at radius 2 is 2.17 bits per heavy atom. The van der Waals surface area contributed by atoms with Gasteiger partial charge in [0.15, 0.2) is 0 Å². The smallest absolute Gasteiger partial charge is 0.297 e. The van der Waals surface area contributed by atoms with Gasteiger partial charge in [0.1, 0.15) is 6.26 Å². The molecule has 1 fully saturated rings. The third-order valence-electron chi connectivity index (χ3n) is 3.45. The normalized spacial score (nSPS) is 23.2. The maximum absolute atomic E-state index is 5.53. The molecule has 1 saturated carbocycles. The van der Waals surface area contributed by atoms with Gasteiger partial charge in [-0.25, -0.2) is 0 Å². The molecule has 0 aromatic carbocycles. The standard InChI is InChI=1S/C14H25N3O/c1-10-6-11(10)8-17(5)13-16-12(9-18-13)7-15-14(2,3)4/h9-11,15H,6-8H2,1-5H3. The van der Waals surface area contributed by atoms with Crippen molar-refractivity contribution in [2.45, 2.75) is 46.2 Å². The molecule has 1 aliphatic carbocycles. The Hall–Kier alpha value is -1.03. The number of hydrogen-bond acceptors (Lipinski definition) is 4. The molecule has 0 saturated heterocycles. The lowest BCUT2D eigenvalue weighted by Crippen LogP contribution is -2.35. The van der Waals surface area contributed by atoms with E-state index in [1.807, 2.05) is 0 Å². The van der Waals surface area contributed by atoms with Crippen LogP contribution in [-0.4, -0.2) is 24.1 Å². The van der Waals surface area contributed by atoms with Crippen LogP contribution in [0, 0.1) is 11.8 Å². The van der Waals surface area contributed by atoms with E-state index < -0.39 is 0 Å². The molecule has 2 atom stereocenters. The molecule has 4 nitrogen and oxygen atoms in total. The van der Waals surface area contributed by atoms with E-state index in [0.717, 1.165) is 36.6 Å². The molecule has 0 bridgehead atoms. The van der Waals surface area contributed by atoms with E-state index >= 15 is 0 Å². The van der Waals surface area contributed by atoms with E-state index in [2.05, 4.69) is 49.9 Å². The highest BCUT2D eigenvalue weighted by Crippen LogP contribution is 2.38. The zero-order chi connectivity index (χ0) is 13.3. The summed E-state index contributed by atoms with van der Waals surface area (Å²) in [5, 5.41) is 3.41. The number of nitrogens with one attached hydrogen (secondary N) is 1. The van der Waals surface area contributed by atoms with Gasteiger partial charge in [0.25, 0.3) is 6.01 Å². The van der Waals surface area contributed by atoms with Gasteiger partial charge >= 0.3 is 0 Å². The lowest BCUT2D eigenvalue weighted by molar-refractivity contribution is 0.421. The molecule has 1 heterocycles. The number of hydrogen-bond donors (Lipinski definition) is 1. The predicted octanol–water partition coefficient (Wildman–Crippen LogP) is 2.65. The van der Waals surface area contributed by atoms with Gasteiger partial charge in [-0.15, -0.1) is 0 Å². The molecule has 102 valence electrons. The molecular weight excluding hydrogens is 226 g/mol. The molecule has 1 N–H and O–H groups in total. The lowest BCUT2D eigenvalue weighted by atomic mass is 10.1. The molecule has 2 rings (SSSR count). The molecule has 2 unspecified atom stereocenters. The van der Waals surface area contributed by atoms with Crippen molar-refractivity contribution in [1.82, 2.24) is 10.3 Å². The van der Waals surface area contributed by atoms with Crippen molar-refractivity contribution in [2.24, 2.45) is 11.8 Å². The first-order valence-corrected chi connectivity index (χ1v) is 6.76. The molecule has 0 amide bonds. The molecule has 1 aromatic heterocycles. The fourth-order valence-electron chi connectivity index (χ4n) is 1.99. The summed E-state index contributed by atoms with van der Waals surface area (Å²) in [6, 6.07) is 0.736. The van der Waals surface area contributed by atoms with Crippen LogP contribution in [0.3, 0.4) is 0 Å². The Balaban J connectivity index is 1.85. The number of aromatic nitrogens is 1. The van der Waals surface area contributed by atoms with E-state index in [-0.39, 0.29) is 5.54 Å². The van der Waals surface area contributed by atoms with Gasteiger partial charge in [0.05, 0.1) is 5.69 Å². The van der Waals surface area contributed by atoms with Crippen LogP contribution < -0.4 is 10.2 Å². The van der Waals surface area contributed by atoms with Crippen molar-refractivity contribution < 1.29 is 4.42 Å². The third kappa shape index (κ3) is 3.73. The zero-order valence-corrected chi connectivity index (χ0v) is 12.2. The van der Waals surface area contributed by atoms with Crippen molar-refractivity contribution in [3.05, 3.63) is 12.0 Å². The Morgan fingerprint density at radius 1 is 1.50 bits per heavy atom. The monoisotopic (exact) mass is 251 g/mol. The molecule has 0 aliphatic heterocycles. The third-order valence-corrected chi connectivity index (χ3v) is 3.45. The summed E-state index contributed by atoms with van der Waals surface area (Å²) in [5.74, 6) is 1.68. The van der Waals surface area contributed by atoms with Crippen molar-refractivity contribution in [3.8, 4) is 0 Å². The summed E-state index contributed by atoms with van der Waals surface area (Å²) in [6.45, 7) is 10.5. The Labute approximate surface area is 110 Å². The van der Waals surface area contributed by atoms with Crippen molar-refractivity contribution in [1.29, 1.82) is 0 Å². The number of nitrogens with zero attached hydrogens (tertiary/aromatic N) is 2. The lowest BCUT2D eigenvalue weighted by Gasteiger charge is -2.19. The fourth-order valence-corrected chi connectivity index (χ4v) is 1.99. The van der Waals surface area contributed by atoms with Crippen molar-refractivity contribution >= 4 is 6.01 Å². The minimum absolute atomic E-state index is 0.106. The van der Waals surface area contributed by atoms with Crippen LogP contribution in [-0.2, 0) is 6.54 Å². The van der Waals surface area contributed by atoms with Crippen LogP contribution in [0.25, 0.3) is 0 Å². The van der Waals surface area contributed by atoms with Crippen LogP contribution in [0.15, 0.2) is 10.7 Å². The minimum atomic E-state index is 0.106. The van der Waals surface area contributed by atoms with Crippen LogP contribution in [0.1, 0.15) is 39.8 Å². The summed E-state index contributed by atoms with van der Waals surface area (Å²) < 4.78 is 5.53. The van der Waals surface area contributed by atoms with Crippen LogP contribution in [0.2, 0.25) is 0 Å². The van der Waals surface area contributed by atoms with Gasteiger partial charge in [0, 0.05) is 25.7 Å². The van der Waals surface area contributed by atoms with E-state index in [0.29, 0.717) is 0 Å². The summed E-state index contributed by atoms with van der Waals surface area (Å²) in [5.41, 5.74) is 1.07. The largest absolute Gasteiger partial charge is 0.432 e. The highest BCUT2D eigenvalue weighted by atomic mass is 16.4. The molecule has 0 spiro atoms. The first kappa shape index (κ1) is 13.4. The second kappa shape index (κ2) is 4.92. The molecular formula is C14H25N3O. The van der Waals surface area contributed by atoms with Crippen molar-refractivity contribution in [2.75, 3.05) is 18.5 Å². The molecule has 1 aromatic rings. The zero-order valence-electron chi connectivity index (χ0n) is 12.2. The second-order valence-electron chi connectivity index (χ2n) is 6.58. The topological polar surface area (TPSA) is 41.3 Å². The van der Waals surface area contributed by atoms with Gasteiger partial charge < -0.3 is 14.6 Å². The predicted molar refractivity (Wildman–Crippen MR) is 73.6 cm³/mol. The van der Waals surface area contributed by atoms with Crippen LogP contribution in [0.4, 0.5) is 6.01 Å². The molecule has 0 radical (unpaired) electrons. The fraction of sp³-hybridized carbons (Fsp3) is 0.786. The average Bonchev–Trinajstić information content (AvgIpc) is 2.80. The van der Waals surface area contributed by atoms with E-state index in [1.165, 1.54) is 6.42 Å². The molecule has 18 heavy (non-hydrogen) atoms. The van der Waals surface area contributed by atoms with E-state index in [1.54, 1.807) is 6.26 Å². The van der Waals surface area contributed by atoms with Crippen LogP contribution >= 0.6 is 0 Å². The molecule has 4 heteroatoms. The Bertz CT molecular complexity index is 394. The van der Waals surface area contributed by atoms with Crippen LogP contribution in [0.5, 0.6) is 0 Å². The van der Waals surface area contributed by atoms with Gasteiger partial charge in [-0.05, 0) is 39.0 Å². The minimum Gasteiger partial charge on any atom is -0.432 e. The second-order valence-corrected chi connectivity index (χ2v) is 6.58. The maximum atomic E-state index is 5.53. The SMILES string of the molecule is CC1CC1CN(C)c1nc(CNC(C)(C)C)co1. The summed E-state index contributed by atoms with van der Waals surface area (Å²) in [7, 11) is 2.05. The highest BCUT2D eigenvalue weighted by Gasteiger charge is 2.33. The first-order chi connectivity index (χ1) is 8.35. The Morgan fingerprint density at radius 3 is 2.72 bits per heavy atom. The highest BCUT2D eigenvalue weighted by molar-refractivity contribution is 5.26. The number of rotatable bonds is 5. The first-order valence-electron chi connectivity index (χ1n) is 6.76. The number of oxazole rings is 1. The average molecular weight is 251 g/mol.